The number of hydrazine groups is 1. The molecule has 192 valence electrons. The van der Waals surface area contributed by atoms with Crippen molar-refractivity contribution < 1.29 is 28.6 Å². The van der Waals surface area contributed by atoms with Gasteiger partial charge in [0.15, 0.2) is 18.1 Å². The van der Waals surface area contributed by atoms with Crippen molar-refractivity contribution in [3.05, 3.63) is 72.8 Å². The molecule has 3 aromatic carbocycles. The number of nitrogens with one attached hydrogen (secondary N) is 3. The lowest BCUT2D eigenvalue weighted by Gasteiger charge is -2.18. The van der Waals surface area contributed by atoms with Crippen molar-refractivity contribution in [1.29, 1.82) is 0 Å². The Morgan fingerprint density at radius 1 is 0.946 bits per heavy atom. The molecule has 0 bridgehead atoms. The molecule has 10 heteroatoms. The number of nitrogens with zero attached hydrogens (tertiary/aromatic N) is 1. The summed E-state index contributed by atoms with van der Waals surface area (Å²) in [4.78, 5) is 39.3. The molecule has 0 radical (unpaired) electrons. The van der Waals surface area contributed by atoms with Gasteiger partial charge in [-0.1, -0.05) is 24.3 Å². The minimum absolute atomic E-state index is 0.107. The molecular weight excluding hydrogens is 476 g/mol. The highest BCUT2D eigenvalue weighted by Crippen LogP contribution is 2.35. The van der Waals surface area contributed by atoms with Crippen LogP contribution in [0.1, 0.15) is 6.42 Å². The highest BCUT2D eigenvalue weighted by Gasteiger charge is 2.35. The monoisotopic (exact) mass is 504 g/mol. The van der Waals surface area contributed by atoms with Gasteiger partial charge in [0.05, 0.1) is 25.8 Å². The Morgan fingerprint density at radius 2 is 1.70 bits per heavy atom. The molecule has 1 heterocycles. The van der Waals surface area contributed by atoms with Crippen molar-refractivity contribution in [3.8, 4) is 17.2 Å². The zero-order valence-corrected chi connectivity index (χ0v) is 20.5. The molecule has 4 rings (SSSR count). The molecule has 10 nitrogen and oxygen atoms in total. The second kappa shape index (κ2) is 11.8. The summed E-state index contributed by atoms with van der Waals surface area (Å²) in [6.07, 6.45) is 0.107. The molecule has 37 heavy (non-hydrogen) atoms. The molecular formula is C27H28N4O6. The molecule has 3 aromatic rings. The minimum Gasteiger partial charge on any atom is -0.497 e. The van der Waals surface area contributed by atoms with Gasteiger partial charge in [0.25, 0.3) is 5.91 Å². The maximum atomic E-state index is 12.8. The standard InChI is InChI=1S/C27H28N4O6/c1-35-21-13-11-19(12-14-21)28-24(32)17-37-26-22(9-6-10-23(26)36-2)29-30-27(34)18-15-25(33)31(16-18)20-7-4-3-5-8-20/h3-14,18,29H,15-17H2,1-2H3,(H,28,32)(H,30,34)/t18-/m0/s1. The number of carbonyl (C=O) groups excluding carboxylic acids is 3. The maximum absolute atomic E-state index is 12.8. The Balaban J connectivity index is 1.36. The van der Waals surface area contributed by atoms with Crippen molar-refractivity contribution in [2.24, 2.45) is 5.92 Å². The van der Waals surface area contributed by atoms with Crippen molar-refractivity contribution in [2.75, 3.05) is 43.0 Å². The van der Waals surface area contributed by atoms with Crippen LogP contribution in [0.5, 0.6) is 17.2 Å². The van der Waals surface area contributed by atoms with Gasteiger partial charge in [-0.15, -0.1) is 0 Å². The van der Waals surface area contributed by atoms with E-state index in [0.717, 1.165) is 5.69 Å². The normalized spacial score (nSPS) is 14.6. The lowest BCUT2D eigenvalue weighted by atomic mass is 10.1. The summed E-state index contributed by atoms with van der Waals surface area (Å²) in [6, 6.07) is 21.2. The number of carbonyl (C=O) groups is 3. The molecule has 3 amide bonds. The average Bonchev–Trinajstić information content (AvgIpc) is 3.33. The van der Waals surface area contributed by atoms with E-state index in [4.69, 9.17) is 14.2 Å². The highest BCUT2D eigenvalue weighted by molar-refractivity contribution is 6.00. The van der Waals surface area contributed by atoms with E-state index in [9.17, 15) is 14.4 Å². The summed E-state index contributed by atoms with van der Waals surface area (Å²) in [7, 11) is 3.04. The van der Waals surface area contributed by atoms with E-state index in [0.29, 0.717) is 22.9 Å². The van der Waals surface area contributed by atoms with E-state index in [1.54, 1.807) is 54.5 Å². The van der Waals surface area contributed by atoms with Gasteiger partial charge in [0, 0.05) is 24.3 Å². The molecule has 0 saturated carbocycles. The Morgan fingerprint density at radius 3 is 2.41 bits per heavy atom. The van der Waals surface area contributed by atoms with Gasteiger partial charge in [0.1, 0.15) is 5.75 Å². The van der Waals surface area contributed by atoms with Crippen LogP contribution in [0, 0.1) is 5.92 Å². The predicted molar refractivity (Wildman–Crippen MR) is 139 cm³/mol. The van der Waals surface area contributed by atoms with E-state index < -0.39 is 5.92 Å². The van der Waals surface area contributed by atoms with Crippen molar-refractivity contribution in [2.45, 2.75) is 6.42 Å². The Kier molecular flexibility index (Phi) is 8.09. The zero-order valence-electron chi connectivity index (χ0n) is 20.5. The number of para-hydroxylation sites is 2. The van der Waals surface area contributed by atoms with Crippen LogP contribution in [0.25, 0.3) is 0 Å². The van der Waals surface area contributed by atoms with Gasteiger partial charge in [-0.3, -0.25) is 25.2 Å². The van der Waals surface area contributed by atoms with E-state index >= 15 is 0 Å². The van der Waals surface area contributed by atoms with Crippen LogP contribution in [0.15, 0.2) is 72.8 Å². The van der Waals surface area contributed by atoms with Gasteiger partial charge in [-0.25, -0.2) is 0 Å². The largest absolute Gasteiger partial charge is 0.497 e. The van der Waals surface area contributed by atoms with Gasteiger partial charge >= 0.3 is 0 Å². The lowest BCUT2D eigenvalue weighted by molar-refractivity contribution is -0.125. The molecule has 0 aromatic heterocycles. The summed E-state index contributed by atoms with van der Waals surface area (Å²) in [5, 5.41) is 2.74. The third-order valence-corrected chi connectivity index (χ3v) is 5.80. The summed E-state index contributed by atoms with van der Waals surface area (Å²) < 4.78 is 16.2. The van der Waals surface area contributed by atoms with Crippen LogP contribution in [0.2, 0.25) is 0 Å². The van der Waals surface area contributed by atoms with Crippen molar-refractivity contribution in [1.82, 2.24) is 5.43 Å². The topological polar surface area (TPSA) is 118 Å². The van der Waals surface area contributed by atoms with E-state index in [1.807, 2.05) is 30.3 Å². The molecule has 1 fully saturated rings. The molecule has 0 unspecified atom stereocenters. The number of hydrogen-bond donors (Lipinski definition) is 3. The number of anilines is 3. The summed E-state index contributed by atoms with van der Waals surface area (Å²) in [6.45, 7) is -0.0124. The van der Waals surface area contributed by atoms with Crippen LogP contribution in [-0.2, 0) is 14.4 Å². The summed E-state index contributed by atoms with van der Waals surface area (Å²) >= 11 is 0. The smallest absolute Gasteiger partial charge is 0.262 e. The molecule has 1 atom stereocenters. The fourth-order valence-electron chi connectivity index (χ4n) is 3.90. The summed E-state index contributed by atoms with van der Waals surface area (Å²) in [5.41, 5.74) is 7.24. The molecule has 1 aliphatic rings. The van der Waals surface area contributed by atoms with E-state index in [-0.39, 0.29) is 43.0 Å². The predicted octanol–water partition coefficient (Wildman–Crippen LogP) is 3.22. The summed E-state index contributed by atoms with van der Waals surface area (Å²) in [5.74, 6) is -0.0402. The first kappa shape index (κ1) is 25.4. The third kappa shape index (κ3) is 6.29. The highest BCUT2D eigenvalue weighted by atomic mass is 16.5. The van der Waals surface area contributed by atoms with Crippen LogP contribution >= 0.6 is 0 Å². The fourth-order valence-corrected chi connectivity index (χ4v) is 3.90. The first-order chi connectivity index (χ1) is 18.0. The molecule has 0 aliphatic carbocycles. The van der Waals surface area contributed by atoms with Gasteiger partial charge < -0.3 is 24.4 Å². The second-order valence-electron chi connectivity index (χ2n) is 8.26. The lowest BCUT2D eigenvalue weighted by Crippen LogP contribution is -2.36. The number of ether oxygens (including phenoxy) is 3. The Bertz CT molecular complexity index is 1250. The molecule has 1 aliphatic heterocycles. The quantitative estimate of drug-likeness (QED) is 0.363. The van der Waals surface area contributed by atoms with Crippen molar-refractivity contribution in [3.63, 3.8) is 0 Å². The molecule has 1 saturated heterocycles. The molecule has 0 spiro atoms. The number of benzene rings is 3. The Labute approximate surface area is 214 Å². The number of methoxy groups -OCH3 is 2. The van der Waals surface area contributed by atoms with E-state index in [2.05, 4.69) is 16.2 Å². The van der Waals surface area contributed by atoms with Crippen LogP contribution in [0.4, 0.5) is 17.1 Å². The number of hydrogen-bond acceptors (Lipinski definition) is 7. The zero-order chi connectivity index (χ0) is 26.2. The van der Waals surface area contributed by atoms with Crippen LogP contribution in [0.3, 0.4) is 0 Å². The minimum atomic E-state index is -0.523. The first-order valence-electron chi connectivity index (χ1n) is 11.6. The van der Waals surface area contributed by atoms with Crippen LogP contribution in [-0.4, -0.2) is 45.1 Å². The van der Waals surface area contributed by atoms with Gasteiger partial charge in [-0.05, 0) is 48.5 Å². The first-order valence-corrected chi connectivity index (χ1v) is 11.6. The number of amides is 3. The van der Waals surface area contributed by atoms with Crippen LogP contribution < -0.4 is 35.3 Å². The number of rotatable bonds is 10. The van der Waals surface area contributed by atoms with Crippen molar-refractivity contribution >= 4 is 34.8 Å². The SMILES string of the molecule is COc1ccc(NC(=O)COc2c(NNC(=O)[C@H]3CC(=O)N(c4ccccc4)C3)cccc2OC)cc1. The van der Waals surface area contributed by atoms with E-state index in [1.165, 1.54) is 7.11 Å². The van der Waals surface area contributed by atoms with Gasteiger partial charge in [-0.2, -0.15) is 0 Å². The third-order valence-electron chi connectivity index (χ3n) is 5.80. The maximum Gasteiger partial charge on any atom is 0.262 e. The second-order valence-corrected chi connectivity index (χ2v) is 8.26. The fraction of sp³-hybridized carbons (Fsp3) is 0.222. The average molecular weight is 505 g/mol. The molecule has 3 N–H and O–H groups in total. The Hall–Kier alpha value is -4.73. The van der Waals surface area contributed by atoms with Gasteiger partial charge in [0.2, 0.25) is 11.8 Å².